The summed E-state index contributed by atoms with van der Waals surface area (Å²) in [4.78, 5) is 19.9. The first kappa shape index (κ1) is 20.5. The number of carbonyl (C=O) groups is 1. The van der Waals surface area contributed by atoms with Gasteiger partial charge in [-0.2, -0.15) is 0 Å². The Kier molecular flexibility index (Phi) is 6.32. The summed E-state index contributed by atoms with van der Waals surface area (Å²) < 4.78 is 11.5. The number of rotatable bonds is 6. The summed E-state index contributed by atoms with van der Waals surface area (Å²) in [7, 11) is 0. The average Bonchev–Trinajstić information content (AvgIpc) is 3.26. The van der Waals surface area contributed by atoms with Crippen LogP contribution >= 0.6 is 24.0 Å². The number of nitrogens with zero attached hydrogens (tertiary/aromatic N) is 3. The molecule has 2 fully saturated rings. The normalized spacial score (nSPS) is 21.1. The van der Waals surface area contributed by atoms with Gasteiger partial charge in [-0.15, -0.1) is 0 Å². The van der Waals surface area contributed by atoms with Crippen molar-refractivity contribution in [3.63, 3.8) is 0 Å². The van der Waals surface area contributed by atoms with Gasteiger partial charge in [0.15, 0.2) is 11.5 Å². The lowest BCUT2D eigenvalue weighted by Crippen LogP contribution is -2.43. The van der Waals surface area contributed by atoms with Crippen LogP contribution in [0.2, 0.25) is 0 Å². The highest BCUT2D eigenvalue weighted by molar-refractivity contribution is 8.26. The number of benzene rings is 1. The van der Waals surface area contributed by atoms with Crippen molar-refractivity contribution >= 4 is 34.2 Å². The van der Waals surface area contributed by atoms with Crippen LogP contribution in [0, 0.1) is 5.92 Å². The van der Waals surface area contributed by atoms with Gasteiger partial charge in [-0.3, -0.25) is 14.6 Å². The number of thiocarbonyl (C=S) groups is 1. The third kappa shape index (κ3) is 4.87. The summed E-state index contributed by atoms with van der Waals surface area (Å²) in [6, 6.07) is 6.15. The Morgan fingerprint density at radius 2 is 1.93 bits per heavy atom. The van der Waals surface area contributed by atoms with Gasteiger partial charge in [0.1, 0.15) is 4.32 Å². The molecular formula is C21H27N3O3S2. The Labute approximate surface area is 181 Å². The molecule has 0 atom stereocenters. The molecule has 2 saturated heterocycles. The molecule has 0 spiro atoms. The van der Waals surface area contributed by atoms with Gasteiger partial charge in [0.25, 0.3) is 5.91 Å². The lowest BCUT2D eigenvalue weighted by molar-refractivity contribution is -0.122. The Hall–Kier alpha value is -1.77. The molecule has 29 heavy (non-hydrogen) atoms. The highest BCUT2D eigenvalue weighted by Gasteiger charge is 2.32. The molecule has 1 aromatic carbocycles. The molecule has 0 aromatic heterocycles. The van der Waals surface area contributed by atoms with Gasteiger partial charge in [-0.1, -0.05) is 43.9 Å². The highest BCUT2D eigenvalue weighted by Crippen LogP contribution is 2.33. The predicted octanol–water partition coefficient (Wildman–Crippen LogP) is 3.28. The van der Waals surface area contributed by atoms with E-state index < -0.39 is 0 Å². The summed E-state index contributed by atoms with van der Waals surface area (Å²) in [5.41, 5.74) is 1.23. The van der Waals surface area contributed by atoms with Crippen LogP contribution in [-0.4, -0.2) is 64.4 Å². The van der Waals surface area contributed by atoms with Crippen LogP contribution in [0.3, 0.4) is 0 Å². The Bertz CT molecular complexity index is 819. The van der Waals surface area contributed by atoms with Crippen molar-refractivity contribution in [3.8, 4) is 11.5 Å². The second-order valence-corrected chi connectivity index (χ2v) is 9.68. The summed E-state index contributed by atoms with van der Waals surface area (Å²) in [5, 5.41) is 0. The summed E-state index contributed by atoms with van der Waals surface area (Å²) in [5.74, 6) is 2.27. The minimum atomic E-state index is 0.0587. The number of carbonyl (C=O) groups excluding carboxylic acids is 1. The molecule has 3 heterocycles. The minimum absolute atomic E-state index is 0.0587. The zero-order valence-corrected chi connectivity index (χ0v) is 18.6. The lowest BCUT2D eigenvalue weighted by atomic mass is 10.1. The maximum atomic E-state index is 12.7. The molecular weight excluding hydrogens is 406 g/mol. The van der Waals surface area contributed by atoms with Crippen LogP contribution in [-0.2, 0) is 11.3 Å². The molecule has 1 aromatic rings. The number of piperazine rings is 1. The van der Waals surface area contributed by atoms with Crippen molar-refractivity contribution in [1.29, 1.82) is 0 Å². The van der Waals surface area contributed by atoms with E-state index >= 15 is 0 Å². The Morgan fingerprint density at radius 1 is 1.17 bits per heavy atom. The van der Waals surface area contributed by atoms with Gasteiger partial charge >= 0.3 is 0 Å². The maximum Gasteiger partial charge on any atom is 0.267 e. The summed E-state index contributed by atoms with van der Waals surface area (Å²) >= 11 is 6.85. The molecule has 6 nitrogen and oxygen atoms in total. The number of hydrogen-bond donors (Lipinski definition) is 0. The quantitative estimate of drug-likeness (QED) is 0.504. The molecule has 3 aliphatic rings. The SMILES string of the molecule is CC(C)CCN1C(=O)/C(=C\N2CCN(Cc3ccc4c(c3)OCO4)CC2)SC1=S. The van der Waals surface area contributed by atoms with E-state index in [1.54, 1.807) is 4.90 Å². The number of amides is 1. The van der Waals surface area contributed by atoms with E-state index in [1.165, 1.54) is 17.3 Å². The maximum absolute atomic E-state index is 12.7. The molecule has 0 aliphatic carbocycles. The number of fused-ring (bicyclic) bond motifs is 1. The fraction of sp³-hybridized carbons (Fsp3) is 0.524. The van der Waals surface area contributed by atoms with Gasteiger partial charge < -0.3 is 14.4 Å². The number of hydrogen-bond acceptors (Lipinski definition) is 7. The smallest absolute Gasteiger partial charge is 0.267 e. The van der Waals surface area contributed by atoms with E-state index in [4.69, 9.17) is 21.7 Å². The van der Waals surface area contributed by atoms with Crippen LogP contribution in [0.15, 0.2) is 29.3 Å². The standard InChI is InChI=1S/C21H27N3O3S2/c1-15(2)5-6-24-20(25)19(29-21(24)28)13-23-9-7-22(8-10-23)12-16-3-4-17-18(11-16)27-14-26-17/h3-4,11,13,15H,5-10,12,14H2,1-2H3/b19-13+. The van der Waals surface area contributed by atoms with E-state index in [1.807, 2.05) is 12.3 Å². The molecule has 0 unspecified atom stereocenters. The molecule has 1 amide bonds. The summed E-state index contributed by atoms with van der Waals surface area (Å²) in [6.45, 7) is 9.96. The van der Waals surface area contributed by atoms with Gasteiger partial charge in [0.2, 0.25) is 6.79 Å². The third-order valence-corrected chi connectivity index (χ3v) is 6.72. The van der Waals surface area contributed by atoms with Crippen LogP contribution in [0.25, 0.3) is 0 Å². The lowest BCUT2D eigenvalue weighted by Gasteiger charge is -2.34. The number of thioether (sulfide) groups is 1. The average molecular weight is 434 g/mol. The van der Waals surface area contributed by atoms with Crippen LogP contribution in [0.5, 0.6) is 11.5 Å². The fourth-order valence-electron chi connectivity index (χ4n) is 3.58. The first-order chi connectivity index (χ1) is 14.0. The van der Waals surface area contributed by atoms with Crippen molar-refractivity contribution in [3.05, 3.63) is 34.9 Å². The molecule has 3 aliphatic heterocycles. The van der Waals surface area contributed by atoms with E-state index in [0.29, 0.717) is 23.6 Å². The van der Waals surface area contributed by atoms with Crippen LogP contribution in [0.1, 0.15) is 25.8 Å². The third-order valence-electron chi connectivity index (χ3n) is 5.35. The van der Waals surface area contributed by atoms with E-state index in [-0.39, 0.29) is 5.91 Å². The first-order valence-corrected chi connectivity index (χ1v) is 11.3. The van der Waals surface area contributed by atoms with E-state index in [0.717, 1.165) is 55.5 Å². The first-order valence-electron chi connectivity index (χ1n) is 10.1. The van der Waals surface area contributed by atoms with Gasteiger partial charge in [0.05, 0.1) is 4.91 Å². The summed E-state index contributed by atoms with van der Waals surface area (Å²) in [6.07, 6.45) is 2.98. The largest absolute Gasteiger partial charge is 0.454 e. The predicted molar refractivity (Wildman–Crippen MR) is 119 cm³/mol. The van der Waals surface area contributed by atoms with Crippen LogP contribution < -0.4 is 9.47 Å². The van der Waals surface area contributed by atoms with Gasteiger partial charge in [-0.25, -0.2) is 0 Å². The van der Waals surface area contributed by atoms with E-state index in [9.17, 15) is 4.79 Å². The molecule has 4 rings (SSSR count). The fourth-order valence-corrected chi connectivity index (χ4v) is 4.90. The second-order valence-electron chi connectivity index (χ2n) is 8.00. The zero-order valence-electron chi connectivity index (χ0n) is 16.9. The Morgan fingerprint density at radius 3 is 2.69 bits per heavy atom. The Balaban J connectivity index is 1.29. The van der Waals surface area contributed by atoms with Gasteiger partial charge in [-0.05, 0) is 30.0 Å². The molecule has 0 saturated carbocycles. The number of ether oxygens (including phenoxy) is 2. The highest BCUT2D eigenvalue weighted by atomic mass is 32.2. The van der Waals surface area contributed by atoms with E-state index in [2.05, 4.69) is 35.8 Å². The van der Waals surface area contributed by atoms with Crippen molar-refractivity contribution in [2.75, 3.05) is 39.5 Å². The molecule has 156 valence electrons. The molecule has 0 bridgehead atoms. The monoisotopic (exact) mass is 433 g/mol. The molecule has 8 heteroatoms. The topological polar surface area (TPSA) is 45.3 Å². The van der Waals surface area contributed by atoms with Crippen molar-refractivity contribution in [2.45, 2.75) is 26.8 Å². The molecule has 0 radical (unpaired) electrons. The van der Waals surface area contributed by atoms with Crippen LogP contribution in [0.4, 0.5) is 0 Å². The zero-order chi connectivity index (χ0) is 20.4. The van der Waals surface area contributed by atoms with Gasteiger partial charge in [0, 0.05) is 45.5 Å². The molecule has 0 N–H and O–H groups in total. The van der Waals surface area contributed by atoms with Crippen molar-refractivity contribution in [2.24, 2.45) is 5.92 Å². The van der Waals surface area contributed by atoms with Crippen molar-refractivity contribution < 1.29 is 14.3 Å². The second kappa shape index (κ2) is 8.93. The van der Waals surface area contributed by atoms with Crippen molar-refractivity contribution in [1.82, 2.24) is 14.7 Å². The minimum Gasteiger partial charge on any atom is -0.454 e.